The predicted octanol–water partition coefficient (Wildman–Crippen LogP) is -1.28. The predicted molar refractivity (Wildman–Crippen MR) is 28.9 cm³/mol. The van der Waals surface area contributed by atoms with E-state index < -0.39 is 11.9 Å². The molecule has 0 spiro atoms. The minimum Gasteiger partial charge on any atom is -0.545 e. The molecule has 1 aliphatic rings. The van der Waals surface area contributed by atoms with Crippen LogP contribution in [-0.4, -0.2) is 25.5 Å². The van der Waals surface area contributed by atoms with E-state index in [9.17, 15) is 9.59 Å². The zero-order valence-corrected chi connectivity index (χ0v) is 11.6. The second-order valence-electron chi connectivity index (χ2n) is 0.884. The Kier molecular flexibility index (Phi) is 33.6. The molecule has 0 unspecified atom stereocenters. The number of esters is 2. The molecule has 0 saturated carbocycles. The first kappa shape index (κ1) is 22.9. The van der Waals surface area contributed by atoms with Gasteiger partial charge in [0.25, 0.3) is 0 Å². The number of carbonyl (C=O) groups excluding carboxylic acids is 4. The van der Waals surface area contributed by atoms with Gasteiger partial charge in [0.05, 0.1) is 0 Å². The zero-order chi connectivity index (χ0) is 8.57. The third kappa shape index (κ3) is 13.2. The number of rotatable bonds is 0. The maximum absolute atomic E-state index is 9.61. The van der Waals surface area contributed by atoms with E-state index in [-0.39, 0.29) is 65.4 Å². The molecule has 0 aliphatic carbocycles. The third-order valence-corrected chi connectivity index (χ3v) is 0.437. The standard InChI is InChI=1S/C3HO3.2CHO.2Y/c4-2-1-3(5)6-2;2*1-2;;/h1H;2*1H;;/q3*-1;;. The zero-order valence-electron chi connectivity index (χ0n) is 5.93. The van der Waals surface area contributed by atoms with Crippen molar-refractivity contribution in [3.63, 3.8) is 0 Å². The molecule has 1 saturated heterocycles. The summed E-state index contributed by atoms with van der Waals surface area (Å²) in [5.74, 6) is -1.08. The van der Waals surface area contributed by atoms with Gasteiger partial charge in [-0.2, -0.15) is 6.42 Å². The Bertz CT molecular complexity index is 114. The van der Waals surface area contributed by atoms with Crippen molar-refractivity contribution in [3.8, 4) is 0 Å². The van der Waals surface area contributed by atoms with Crippen molar-refractivity contribution in [1.29, 1.82) is 0 Å². The molecule has 1 rings (SSSR count). The molecule has 1 aliphatic heterocycles. The van der Waals surface area contributed by atoms with Crippen LogP contribution in [0.2, 0.25) is 0 Å². The number of ether oxygens (including phenoxy) is 1. The van der Waals surface area contributed by atoms with E-state index in [4.69, 9.17) is 9.59 Å². The van der Waals surface area contributed by atoms with Crippen LogP contribution in [0.25, 0.3) is 0 Å². The second-order valence-corrected chi connectivity index (χ2v) is 0.884. The quantitative estimate of drug-likeness (QED) is 0.240. The van der Waals surface area contributed by atoms with Crippen molar-refractivity contribution in [2.45, 2.75) is 0 Å². The topological polar surface area (TPSA) is 77.5 Å². The van der Waals surface area contributed by atoms with Gasteiger partial charge in [0.15, 0.2) is 11.9 Å². The van der Waals surface area contributed by atoms with Crippen LogP contribution in [0.15, 0.2) is 0 Å². The van der Waals surface area contributed by atoms with Crippen LogP contribution >= 0.6 is 0 Å². The van der Waals surface area contributed by atoms with E-state index in [1.807, 2.05) is 0 Å². The Morgan fingerprint density at radius 3 is 1.08 bits per heavy atom. The van der Waals surface area contributed by atoms with E-state index in [1.165, 1.54) is 0 Å². The first-order valence-electron chi connectivity index (χ1n) is 1.87. The smallest absolute Gasteiger partial charge is 0.185 e. The summed E-state index contributed by atoms with van der Waals surface area (Å²) in [4.78, 5) is 34.7. The van der Waals surface area contributed by atoms with Gasteiger partial charge in [-0.05, 0) is 0 Å². The summed E-state index contributed by atoms with van der Waals surface area (Å²) in [5, 5.41) is 0. The van der Waals surface area contributed by atoms with E-state index >= 15 is 0 Å². The van der Waals surface area contributed by atoms with Crippen LogP contribution in [0.5, 0.6) is 0 Å². The Balaban J connectivity index is -0.0000000480. The van der Waals surface area contributed by atoms with Gasteiger partial charge in [0.2, 0.25) is 0 Å². The van der Waals surface area contributed by atoms with Crippen LogP contribution < -0.4 is 0 Å². The van der Waals surface area contributed by atoms with Gasteiger partial charge >= 0.3 is 0 Å². The summed E-state index contributed by atoms with van der Waals surface area (Å²) in [6.45, 7) is 6.50. The van der Waals surface area contributed by atoms with Crippen molar-refractivity contribution < 1.29 is 89.3 Å². The summed E-state index contributed by atoms with van der Waals surface area (Å²) in [6.07, 6.45) is 0.889. The van der Waals surface area contributed by atoms with Gasteiger partial charge < -0.3 is 14.3 Å². The summed E-state index contributed by atoms with van der Waals surface area (Å²) in [7, 11) is 0. The molecular formula is C5H3O5Y2-3. The Morgan fingerprint density at radius 2 is 1.08 bits per heavy atom. The molecular weight excluding hydrogens is 318 g/mol. The Labute approximate surface area is 120 Å². The Hall–Kier alpha value is 0.558. The molecule has 0 aromatic rings. The van der Waals surface area contributed by atoms with E-state index in [1.54, 1.807) is 0 Å². The average molecular weight is 321 g/mol. The largest absolute Gasteiger partial charge is 0.545 e. The fraction of sp³-hybridized carbons (Fsp3) is 0. The maximum atomic E-state index is 9.61. The molecule has 62 valence electrons. The molecule has 7 heteroatoms. The van der Waals surface area contributed by atoms with Gasteiger partial charge in [-0.25, -0.2) is 0 Å². The van der Waals surface area contributed by atoms with Crippen LogP contribution in [-0.2, 0) is 89.3 Å². The van der Waals surface area contributed by atoms with Gasteiger partial charge in [-0.1, -0.05) is 0 Å². The van der Waals surface area contributed by atoms with Crippen molar-refractivity contribution >= 4 is 25.5 Å². The molecule has 0 atom stereocenters. The van der Waals surface area contributed by atoms with Crippen LogP contribution in [0.4, 0.5) is 0 Å². The summed E-state index contributed by atoms with van der Waals surface area (Å²) in [5.41, 5.74) is 0. The van der Waals surface area contributed by atoms with Crippen molar-refractivity contribution in [1.82, 2.24) is 0 Å². The van der Waals surface area contributed by atoms with Gasteiger partial charge in [0, 0.05) is 65.4 Å². The van der Waals surface area contributed by atoms with E-state index in [2.05, 4.69) is 18.3 Å². The second kappa shape index (κ2) is 17.6. The van der Waals surface area contributed by atoms with Crippen molar-refractivity contribution in [3.05, 3.63) is 6.42 Å². The molecule has 12 heavy (non-hydrogen) atoms. The summed E-state index contributed by atoms with van der Waals surface area (Å²) in [6, 6.07) is 0. The number of cyclic esters (lactones) is 2. The SMILES string of the molecule is O=C1[CH-]C(=O)O1.[CH-]=O.[CH-]=O.[Y].[Y]. The van der Waals surface area contributed by atoms with Gasteiger partial charge in [-0.3, -0.25) is 23.2 Å². The first-order chi connectivity index (χ1) is 4.79. The Morgan fingerprint density at radius 1 is 0.917 bits per heavy atom. The maximum Gasteiger partial charge on any atom is 0.185 e. The first-order valence-corrected chi connectivity index (χ1v) is 1.87. The summed E-state index contributed by atoms with van der Waals surface area (Å²) >= 11 is 0. The molecule has 2 radical (unpaired) electrons. The van der Waals surface area contributed by atoms with Crippen LogP contribution in [0, 0.1) is 6.42 Å². The van der Waals surface area contributed by atoms with Crippen LogP contribution in [0.3, 0.4) is 0 Å². The normalized spacial score (nSPS) is 9.67. The summed E-state index contributed by atoms with van der Waals surface area (Å²) < 4.78 is 3.81. The fourth-order valence-corrected chi connectivity index (χ4v) is 0.196. The molecule has 0 aromatic heterocycles. The molecule has 1 fully saturated rings. The van der Waals surface area contributed by atoms with Gasteiger partial charge in [-0.15, -0.1) is 0 Å². The fourth-order valence-electron chi connectivity index (χ4n) is 0.196. The third-order valence-electron chi connectivity index (χ3n) is 0.437. The number of carbonyl (C=O) groups is 2. The molecule has 1 heterocycles. The van der Waals surface area contributed by atoms with Crippen molar-refractivity contribution in [2.24, 2.45) is 0 Å². The average Bonchev–Trinajstić information content (AvgIpc) is 1.95. The molecule has 0 aromatic carbocycles. The van der Waals surface area contributed by atoms with Crippen molar-refractivity contribution in [2.75, 3.05) is 0 Å². The monoisotopic (exact) mass is 321 g/mol. The van der Waals surface area contributed by atoms with Crippen LogP contribution in [0.1, 0.15) is 0 Å². The van der Waals surface area contributed by atoms with Gasteiger partial charge in [0.1, 0.15) is 0 Å². The minimum absolute atomic E-state index is 0. The van der Waals surface area contributed by atoms with E-state index in [0.29, 0.717) is 0 Å². The molecule has 0 bridgehead atoms. The molecule has 0 N–H and O–H groups in total. The molecule has 0 amide bonds. The van der Waals surface area contributed by atoms with E-state index in [0.717, 1.165) is 6.42 Å². The molecule has 5 nitrogen and oxygen atoms in total. The number of hydrogen-bond acceptors (Lipinski definition) is 5. The minimum atomic E-state index is -0.542. The number of hydrogen-bond donors (Lipinski definition) is 0.